The number of hydrogen-bond donors (Lipinski definition) is 0. The van der Waals surface area contributed by atoms with Crippen LogP contribution >= 0.6 is 15.9 Å². The molecule has 0 saturated heterocycles. The molecule has 0 N–H and O–H groups in total. The van der Waals surface area contributed by atoms with Gasteiger partial charge in [-0.05, 0) is 24.1 Å². The van der Waals surface area contributed by atoms with Crippen LogP contribution in [0.4, 0.5) is 26.3 Å². The fourth-order valence-corrected chi connectivity index (χ4v) is 2.52. The molecule has 112 valence electrons. The molecule has 1 atom stereocenters. The fraction of sp³-hybridized carbons (Fsp3) is 0.143. The average molecular weight is 369 g/mol. The van der Waals surface area contributed by atoms with Crippen molar-refractivity contribution in [3.63, 3.8) is 0 Å². The summed E-state index contributed by atoms with van der Waals surface area (Å²) in [6.45, 7) is 1.41. The molecule has 0 aliphatic heterocycles. The molecular weight excluding hydrogens is 362 g/mol. The molecule has 0 radical (unpaired) electrons. The second-order valence-corrected chi connectivity index (χ2v) is 5.27. The minimum Gasteiger partial charge on any atom is -0.207 e. The van der Waals surface area contributed by atoms with E-state index in [1.54, 1.807) is 0 Å². The molecule has 0 aliphatic rings. The molecule has 2 rings (SSSR count). The Balaban J connectivity index is 2.63. The van der Waals surface area contributed by atoms with Crippen molar-refractivity contribution in [2.24, 2.45) is 0 Å². The quantitative estimate of drug-likeness (QED) is 0.291. The van der Waals surface area contributed by atoms with E-state index in [1.807, 2.05) is 0 Å². The Morgan fingerprint density at radius 2 is 1.29 bits per heavy atom. The molecule has 0 fully saturated rings. The Labute approximate surface area is 124 Å². The van der Waals surface area contributed by atoms with E-state index in [9.17, 15) is 26.3 Å². The first-order valence-electron chi connectivity index (χ1n) is 5.67. The topological polar surface area (TPSA) is 0 Å². The normalized spacial score (nSPS) is 12.6. The van der Waals surface area contributed by atoms with E-state index < -0.39 is 45.3 Å². The number of benzene rings is 2. The molecule has 0 spiro atoms. The first kappa shape index (κ1) is 15.9. The van der Waals surface area contributed by atoms with Crippen LogP contribution in [-0.2, 0) is 0 Å². The summed E-state index contributed by atoms with van der Waals surface area (Å²) < 4.78 is 79.9. The summed E-state index contributed by atoms with van der Waals surface area (Å²) >= 11 is 2.89. The van der Waals surface area contributed by atoms with E-state index in [0.717, 1.165) is 6.07 Å². The molecule has 1 unspecified atom stereocenters. The Morgan fingerprint density at radius 3 is 1.76 bits per heavy atom. The van der Waals surface area contributed by atoms with Gasteiger partial charge >= 0.3 is 0 Å². The van der Waals surface area contributed by atoms with Crippen LogP contribution < -0.4 is 0 Å². The van der Waals surface area contributed by atoms with Crippen molar-refractivity contribution in [1.82, 2.24) is 0 Å². The summed E-state index contributed by atoms with van der Waals surface area (Å²) in [6, 6.07) is 3.50. The molecule has 21 heavy (non-hydrogen) atoms. The van der Waals surface area contributed by atoms with E-state index in [1.165, 1.54) is 19.1 Å². The third-order valence-corrected chi connectivity index (χ3v) is 3.96. The molecule has 0 saturated carbocycles. The molecule has 7 heteroatoms. The molecule has 2 aromatic carbocycles. The molecule has 0 aromatic heterocycles. The zero-order valence-electron chi connectivity index (χ0n) is 10.5. The highest BCUT2D eigenvalue weighted by molar-refractivity contribution is 9.09. The van der Waals surface area contributed by atoms with Crippen LogP contribution in [0.2, 0.25) is 0 Å². The maximum Gasteiger partial charge on any atom is 0.200 e. The maximum absolute atomic E-state index is 13.7. The summed E-state index contributed by atoms with van der Waals surface area (Å²) in [4.78, 5) is -1.30. The van der Waals surface area contributed by atoms with Crippen molar-refractivity contribution in [2.75, 3.05) is 0 Å². The molecule has 0 aliphatic carbocycles. The summed E-state index contributed by atoms with van der Waals surface area (Å²) in [5.74, 6) is -10.6. The third kappa shape index (κ3) is 2.66. The zero-order chi connectivity index (χ0) is 15.9. The van der Waals surface area contributed by atoms with Crippen LogP contribution in [0.5, 0.6) is 0 Å². The predicted octanol–water partition coefficient (Wildman–Crippen LogP) is 5.31. The van der Waals surface area contributed by atoms with Crippen LogP contribution in [0, 0.1) is 41.8 Å². The van der Waals surface area contributed by atoms with Gasteiger partial charge in [-0.15, -0.1) is 0 Å². The highest BCUT2D eigenvalue weighted by Crippen LogP contribution is 2.37. The molecule has 0 amide bonds. The smallest absolute Gasteiger partial charge is 0.200 e. The summed E-state index contributed by atoms with van der Waals surface area (Å²) in [7, 11) is 0. The minimum absolute atomic E-state index is 0.164. The fourth-order valence-electron chi connectivity index (χ4n) is 1.84. The zero-order valence-corrected chi connectivity index (χ0v) is 12.0. The highest BCUT2D eigenvalue weighted by atomic mass is 79.9. The second-order valence-electron chi connectivity index (χ2n) is 4.35. The molecular formula is C14H7BrF6. The van der Waals surface area contributed by atoms with E-state index in [4.69, 9.17) is 0 Å². The Morgan fingerprint density at radius 1 is 0.810 bits per heavy atom. The molecule has 0 bridgehead atoms. The van der Waals surface area contributed by atoms with Crippen molar-refractivity contribution in [2.45, 2.75) is 11.8 Å². The first-order chi connectivity index (χ1) is 9.75. The minimum atomic E-state index is -2.22. The Bertz CT molecular complexity index is 684. The van der Waals surface area contributed by atoms with Crippen LogP contribution in [-0.4, -0.2) is 0 Å². The van der Waals surface area contributed by atoms with Gasteiger partial charge in [-0.25, -0.2) is 26.3 Å². The van der Waals surface area contributed by atoms with Gasteiger partial charge in [0.25, 0.3) is 0 Å². The van der Waals surface area contributed by atoms with Crippen LogP contribution in [0.3, 0.4) is 0 Å². The lowest BCUT2D eigenvalue weighted by molar-refractivity contribution is 0.371. The Hall–Kier alpha value is -1.50. The summed E-state index contributed by atoms with van der Waals surface area (Å²) in [5, 5.41) is 0. The van der Waals surface area contributed by atoms with Gasteiger partial charge in [-0.2, -0.15) is 0 Å². The number of alkyl halides is 1. The van der Waals surface area contributed by atoms with Gasteiger partial charge in [0.05, 0.1) is 4.83 Å². The lowest BCUT2D eigenvalue weighted by Gasteiger charge is -2.15. The van der Waals surface area contributed by atoms with Gasteiger partial charge < -0.3 is 0 Å². The number of rotatable bonds is 2. The number of hydrogen-bond acceptors (Lipinski definition) is 0. The highest BCUT2D eigenvalue weighted by Gasteiger charge is 2.30. The summed E-state index contributed by atoms with van der Waals surface area (Å²) in [6.07, 6.45) is 0. The van der Waals surface area contributed by atoms with Gasteiger partial charge in [0.2, 0.25) is 5.82 Å². The monoisotopic (exact) mass is 368 g/mol. The molecule has 2 aromatic rings. The number of halogens is 7. The van der Waals surface area contributed by atoms with Crippen molar-refractivity contribution in [3.8, 4) is 0 Å². The van der Waals surface area contributed by atoms with Crippen LogP contribution in [0.15, 0.2) is 18.2 Å². The van der Waals surface area contributed by atoms with Crippen molar-refractivity contribution < 1.29 is 26.3 Å². The Kier molecular flexibility index (Phi) is 4.32. The van der Waals surface area contributed by atoms with E-state index >= 15 is 0 Å². The third-order valence-electron chi connectivity index (χ3n) is 2.97. The standard InChI is InChI=1S/C14H7BrF6/c1-5-4-6(2-3-7(5)16)9(15)8-10(17)12(19)14(21)13(20)11(8)18/h2-4,9H,1H3. The van der Waals surface area contributed by atoms with Crippen molar-refractivity contribution in [1.29, 1.82) is 0 Å². The lowest BCUT2D eigenvalue weighted by Crippen LogP contribution is -2.09. The van der Waals surface area contributed by atoms with Crippen molar-refractivity contribution >= 4 is 15.9 Å². The average Bonchev–Trinajstić information content (AvgIpc) is 2.46. The first-order valence-corrected chi connectivity index (χ1v) is 6.58. The molecule has 0 heterocycles. The van der Waals surface area contributed by atoms with Gasteiger partial charge in [0, 0.05) is 5.56 Å². The van der Waals surface area contributed by atoms with Gasteiger partial charge in [-0.1, -0.05) is 28.1 Å². The van der Waals surface area contributed by atoms with Crippen LogP contribution in [0.1, 0.15) is 21.5 Å². The summed E-state index contributed by atoms with van der Waals surface area (Å²) in [5.41, 5.74) is -0.671. The number of aryl methyl sites for hydroxylation is 1. The van der Waals surface area contributed by atoms with Gasteiger partial charge in [0.15, 0.2) is 23.3 Å². The van der Waals surface area contributed by atoms with Crippen LogP contribution in [0.25, 0.3) is 0 Å². The SMILES string of the molecule is Cc1cc(C(Br)c2c(F)c(F)c(F)c(F)c2F)ccc1F. The largest absolute Gasteiger partial charge is 0.207 e. The van der Waals surface area contributed by atoms with E-state index in [0.29, 0.717) is 0 Å². The van der Waals surface area contributed by atoms with Gasteiger partial charge in [-0.3, -0.25) is 0 Å². The van der Waals surface area contributed by atoms with E-state index in [2.05, 4.69) is 15.9 Å². The second kappa shape index (κ2) is 5.71. The molecule has 0 nitrogen and oxygen atoms in total. The van der Waals surface area contributed by atoms with Gasteiger partial charge in [0.1, 0.15) is 5.82 Å². The lowest BCUT2D eigenvalue weighted by atomic mass is 10.0. The maximum atomic E-state index is 13.7. The van der Waals surface area contributed by atoms with E-state index in [-0.39, 0.29) is 11.1 Å². The predicted molar refractivity (Wildman–Crippen MR) is 68.1 cm³/mol. The van der Waals surface area contributed by atoms with Crippen molar-refractivity contribution in [3.05, 3.63) is 69.8 Å².